The molecular formula is C20H24N4O. The van der Waals surface area contributed by atoms with E-state index in [2.05, 4.69) is 62.9 Å². The lowest BCUT2D eigenvalue weighted by molar-refractivity contribution is 0.0793. The van der Waals surface area contributed by atoms with Crippen LogP contribution in [-0.2, 0) is 13.1 Å². The number of aliphatic hydroxyl groups excluding tert-OH is 1. The molecule has 25 heavy (non-hydrogen) atoms. The Balaban J connectivity index is 1.46. The third-order valence-electron chi connectivity index (χ3n) is 5.00. The number of anilines is 1. The molecule has 0 unspecified atom stereocenters. The number of piperidine rings is 1. The standard InChI is InChI=1S/C20H24N4O/c25-18-8-10-24(11-9-18)14-17-4-1-2-7-19(17)21-12-15-5-3-6-16-13-22-23-20(15)16/h1-7,13,18,21,25H,8-12,14H2,(H,22,23). The third-order valence-corrected chi connectivity index (χ3v) is 5.00. The molecule has 2 heterocycles. The minimum Gasteiger partial charge on any atom is -0.393 e. The first-order valence-electron chi connectivity index (χ1n) is 8.93. The second-order valence-electron chi connectivity index (χ2n) is 6.77. The number of likely N-dealkylation sites (tertiary alicyclic amines) is 1. The highest BCUT2D eigenvalue weighted by Crippen LogP contribution is 2.22. The largest absolute Gasteiger partial charge is 0.393 e. The molecule has 0 amide bonds. The number of fused-ring (bicyclic) bond motifs is 1. The number of rotatable bonds is 5. The Hall–Kier alpha value is -2.37. The van der Waals surface area contributed by atoms with E-state index in [0.29, 0.717) is 0 Å². The second kappa shape index (κ2) is 7.25. The number of hydrogen-bond acceptors (Lipinski definition) is 4. The van der Waals surface area contributed by atoms with Gasteiger partial charge in [0.25, 0.3) is 0 Å². The number of benzene rings is 2. The first-order valence-corrected chi connectivity index (χ1v) is 8.93. The van der Waals surface area contributed by atoms with Crippen LogP contribution in [0.4, 0.5) is 5.69 Å². The molecule has 0 saturated carbocycles. The molecular weight excluding hydrogens is 312 g/mol. The van der Waals surface area contributed by atoms with Gasteiger partial charge >= 0.3 is 0 Å². The first kappa shape index (κ1) is 16.1. The van der Waals surface area contributed by atoms with Gasteiger partial charge in [0.2, 0.25) is 0 Å². The van der Waals surface area contributed by atoms with Crippen molar-refractivity contribution < 1.29 is 5.11 Å². The van der Waals surface area contributed by atoms with Crippen molar-refractivity contribution in [3.63, 3.8) is 0 Å². The van der Waals surface area contributed by atoms with Crippen LogP contribution in [0.15, 0.2) is 48.7 Å². The van der Waals surface area contributed by atoms with Gasteiger partial charge in [-0.15, -0.1) is 0 Å². The fraction of sp³-hybridized carbons (Fsp3) is 0.350. The molecule has 0 aliphatic carbocycles. The van der Waals surface area contributed by atoms with Gasteiger partial charge in [0.05, 0.1) is 17.8 Å². The van der Waals surface area contributed by atoms with E-state index in [4.69, 9.17) is 0 Å². The van der Waals surface area contributed by atoms with Gasteiger partial charge in [0, 0.05) is 37.3 Å². The van der Waals surface area contributed by atoms with E-state index < -0.39 is 0 Å². The number of aromatic nitrogens is 2. The van der Waals surface area contributed by atoms with Crippen LogP contribution in [0.5, 0.6) is 0 Å². The Labute approximate surface area is 147 Å². The summed E-state index contributed by atoms with van der Waals surface area (Å²) in [6.45, 7) is 3.60. The summed E-state index contributed by atoms with van der Waals surface area (Å²) in [5.41, 5.74) is 4.78. The van der Waals surface area contributed by atoms with Crippen LogP contribution in [-0.4, -0.2) is 39.4 Å². The maximum atomic E-state index is 9.68. The maximum absolute atomic E-state index is 9.68. The number of H-pyrrole nitrogens is 1. The maximum Gasteiger partial charge on any atom is 0.0700 e. The molecule has 1 fully saturated rings. The molecule has 1 aliphatic rings. The molecule has 1 aliphatic heterocycles. The van der Waals surface area contributed by atoms with E-state index in [1.54, 1.807) is 0 Å². The van der Waals surface area contributed by atoms with Crippen molar-refractivity contribution in [2.75, 3.05) is 18.4 Å². The summed E-state index contributed by atoms with van der Waals surface area (Å²) in [4.78, 5) is 2.42. The summed E-state index contributed by atoms with van der Waals surface area (Å²) in [5.74, 6) is 0. The van der Waals surface area contributed by atoms with Crippen LogP contribution in [0, 0.1) is 0 Å². The molecule has 2 aromatic carbocycles. The summed E-state index contributed by atoms with van der Waals surface area (Å²) < 4.78 is 0. The second-order valence-corrected chi connectivity index (χ2v) is 6.77. The molecule has 3 aromatic rings. The normalized spacial score (nSPS) is 16.4. The number of aliphatic hydroxyl groups is 1. The molecule has 1 saturated heterocycles. The molecule has 0 spiro atoms. The molecule has 5 heteroatoms. The van der Waals surface area contributed by atoms with Crippen LogP contribution in [0.1, 0.15) is 24.0 Å². The Kier molecular flexibility index (Phi) is 4.68. The summed E-state index contributed by atoms with van der Waals surface area (Å²) >= 11 is 0. The first-order chi connectivity index (χ1) is 12.3. The number of para-hydroxylation sites is 2. The Morgan fingerprint density at radius 2 is 1.88 bits per heavy atom. The minimum atomic E-state index is -0.125. The summed E-state index contributed by atoms with van der Waals surface area (Å²) in [5, 5.41) is 21.6. The van der Waals surface area contributed by atoms with E-state index in [1.807, 2.05) is 6.20 Å². The molecule has 0 radical (unpaired) electrons. The van der Waals surface area contributed by atoms with Crippen LogP contribution in [0.3, 0.4) is 0 Å². The monoisotopic (exact) mass is 336 g/mol. The SMILES string of the molecule is OC1CCN(Cc2ccccc2NCc2cccc3cn[nH]c23)CC1. The van der Waals surface area contributed by atoms with Crippen molar-refractivity contribution in [2.45, 2.75) is 32.0 Å². The van der Waals surface area contributed by atoms with Crippen LogP contribution in [0.25, 0.3) is 10.9 Å². The summed E-state index contributed by atoms with van der Waals surface area (Å²) in [6.07, 6.45) is 3.48. The zero-order valence-electron chi connectivity index (χ0n) is 14.3. The van der Waals surface area contributed by atoms with Gasteiger partial charge in [-0.25, -0.2) is 0 Å². The molecule has 130 valence electrons. The number of aromatic amines is 1. The van der Waals surface area contributed by atoms with Crippen LogP contribution in [0.2, 0.25) is 0 Å². The van der Waals surface area contributed by atoms with Gasteiger partial charge in [0.1, 0.15) is 0 Å². The Morgan fingerprint density at radius 3 is 2.76 bits per heavy atom. The predicted molar refractivity (Wildman–Crippen MR) is 100 cm³/mol. The Morgan fingerprint density at radius 1 is 1.08 bits per heavy atom. The topological polar surface area (TPSA) is 64.2 Å². The molecule has 5 nitrogen and oxygen atoms in total. The highest BCUT2D eigenvalue weighted by molar-refractivity contribution is 5.81. The van der Waals surface area contributed by atoms with Gasteiger partial charge in [-0.3, -0.25) is 10.00 Å². The van der Waals surface area contributed by atoms with Crippen LogP contribution < -0.4 is 5.32 Å². The van der Waals surface area contributed by atoms with Crippen molar-refractivity contribution >= 4 is 16.6 Å². The third kappa shape index (κ3) is 3.67. The van der Waals surface area contributed by atoms with Gasteiger partial charge in [-0.2, -0.15) is 5.10 Å². The van der Waals surface area contributed by atoms with E-state index >= 15 is 0 Å². The highest BCUT2D eigenvalue weighted by atomic mass is 16.3. The van der Waals surface area contributed by atoms with Crippen molar-refractivity contribution in [3.8, 4) is 0 Å². The zero-order chi connectivity index (χ0) is 17.1. The van der Waals surface area contributed by atoms with Crippen molar-refractivity contribution in [3.05, 3.63) is 59.8 Å². The average Bonchev–Trinajstić information content (AvgIpc) is 3.12. The van der Waals surface area contributed by atoms with E-state index in [0.717, 1.165) is 49.9 Å². The minimum absolute atomic E-state index is 0.125. The van der Waals surface area contributed by atoms with Crippen molar-refractivity contribution in [1.29, 1.82) is 0 Å². The van der Waals surface area contributed by atoms with E-state index in [1.165, 1.54) is 16.8 Å². The van der Waals surface area contributed by atoms with E-state index in [9.17, 15) is 5.11 Å². The van der Waals surface area contributed by atoms with Crippen molar-refractivity contribution in [2.24, 2.45) is 0 Å². The highest BCUT2D eigenvalue weighted by Gasteiger charge is 2.17. The van der Waals surface area contributed by atoms with Gasteiger partial charge in [-0.05, 0) is 30.0 Å². The summed E-state index contributed by atoms with van der Waals surface area (Å²) in [6, 6.07) is 14.8. The summed E-state index contributed by atoms with van der Waals surface area (Å²) in [7, 11) is 0. The van der Waals surface area contributed by atoms with Crippen molar-refractivity contribution in [1.82, 2.24) is 15.1 Å². The molecule has 1 aromatic heterocycles. The molecule has 4 rings (SSSR count). The zero-order valence-corrected chi connectivity index (χ0v) is 14.3. The van der Waals surface area contributed by atoms with Crippen LogP contribution >= 0.6 is 0 Å². The average molecular weight is 336 g/mol. The lowest BCUT2D eigenvalue weighted by Gasteiger charge is -2.30. The van der Waals surface area contributed by atoms with Gasteiger partial charge in [0.15, 0.2) is 0 Å². The number of nitrogens with zero attached hydrogens (tertiary/aromatic N) is 2. The Bertz CT molecular complexity index is 836. The number of nitrogens with one attached hydrogen (secondary N) is 2. The number of hydrogen-bond donors (Lipinski definition) is 3. The fourth-order valence-electron chi connectivity index (χ4n) is 3.52. The lowest BCUT2D eigenvalue weighted by atomic mass is 10.1. The molecule has 0 atom stereocenters. The fourth-order valence-corrected chi connectivity index (χ4v) is 3.52. The van der Waals surface area contributed by atoms with Gasteiger partial charge in [-0.1, -0.05) is 36.4 Å². The molecule has 0 bridgehead atoms. The smallest absolute Gasteiger partial charge is 0.0700 e. The predicted octanol–water partition coefficient (Wildman–Crippen LogP) is 3.13. The van der Waals surface area contributed by atoms with Gasteiger partial charge < -0.3 is 10.4 Å². The van der Waals surface area contributed by atoms with E-state index in [-0.39, 0.29) is 6.10 Å². The molecule has 3 N–H and O–H groups in total. The quantitative estimate of drug-likeness (QED) is 0.670. The lowest BCUT2D eigenvalue weighted by Crippen LogP contribution is -2.35.